The first-order valence-corrected chi connectivity index (χ1v) is 6.50. The molecule has 106 valence electrons. The topological polar surface area (TPSA) is 55.8 Å². The fourth-order valence-corrected chi connectivity index (χ4v) is 1.59. The van der Waals surface area contributed by atoms with E-state index in [0.29, 0.717) is 19.8 Å². The molecule has 1 amide bonds. The van der Waals surface area contributed by atoms with Crippen molar-refractivity contribution in [3.05, 3.63) is 0 Å². The van der Waals surface area contributed by atoms with Gasteiger partial charge < -0.3 is 14.4 Å². The maximum atomic E-state index is 12.0. The third-order valence-corrected chi connectivity index (χ3v) is 2.83. The molecule has 0 spiro atoms. The van der Waals surface area contributed by atoms with Crippen molar-refractivity contribution in [2.75, 3.05) is 26.9 Å². The maximum absolute atomic E-state index is 12.0. The van der Waals surface area contributed by atoms with E-state index in [1.54, 1.807) is 18.9 Å². The first-order chi connectivity index (χ1) is 8.56. The van der Waals surface area contributed by atoms with Gasteiger partial charge in [0.25, 0.3) is 0 Å². The zero-order valence-electron chi connectivity index (χ0n) is 11.9. The average Bonchev–Trinajstić information content (AvgIpc) is 2.36. The number of carbonyl (C=O) groups excluding carboxylic acids is 2. The van der Waals surface area contributed by atoms with Crippen molar-refractivity contribution in [1.29, 1.82) is 0 Å². The summed E-state index contributed by atoms with van der Waals surface area (Å²) in [5, 5.41) is 0. The predicted octanol–water partition coefficient (Wildman–Crippen LogP) is 1.60. The Balaban J connectivity index is 4.24. The van der Waals surface area contributed by atoms with Gasteiger partial charge in [-0.05, 0) is 20.3 Å². The zero-order valence-corrected chi connectivity index (χ0v) is 11.9. The number of hydrogen-bond donors (Lipinski definition) is 0. The Morgan fingerprint density at radius 2 is 1.89 bits per heavy atom. The van der Waals surface area contributed by atoms with Crippen LogP contribution in [0.2, 0.25) is 0 Å². The van der Waals surface area contributed by atoms with Gasteiger partial charge in [0.15, 0.2) is 0 Å². The summed E-state index contributed by atoms with van der Waals surface area (Å²) in [5.74, 6) is -0.337. The molecule has 1 atom stereocenters. The second-order valence-electron chi connectivity index (χ2n) is 4.14. The monoisotopic (exact) mass is 259 g/mol. The lowest BCUT2D eigenvalue weighted by Gasteiger charge is -2.28. The molecule has 18 heavy (non-hydrogen) atoms. The lowest BCUT2D eigenvalue weighted by Crippen LogP contribution is -2.40. The van der Waals surface area contributed by atoms with Crippen LogP contribution in [0.4, 0.5) is 0 Å². The molecule has 0 radical (unpaired) electrons. The number of amides is 1. The Hall–Kier alpha value is -1.10. The third-order valence-electron chi connectivity index (χ3n) is 2.83. The third kappa shape index (κ3) is 6.59. The number of nitrogens with zero attached hydrogens (tertiary/aromatic N) is 1. The summed E-state index contributed by atoms with van der Waals surface area (Å²) >= 11 is 0. The lowest BCUT2D eigenvalue weighted by atomic mass is 10.2. The van der Waals surface area contributed by atoms with E-state index >= 15 is 0 Å². The SMILES string of the molecule is CCOC(=O)CCC(=O)N(CCOC)C(C)CC. The maximum Gasteiger partial charge on any atom is 0.306 e. The molecule has 0 aliphatic carbocycles. The molecule has 0 saturated heterocycles. The van der Waals surface area contributed by atoms with Crippen LogP contribution in [-0.2, 0) is 19.1 Å². The summed E-state index contributed by atoms with van der Waals surface area (Å²) in [4.78, 5) is 25.0. The van der Waals surface area contributed by atoms with Crippen LogP contribution in [0.3, 0.4) is 0 Å². The second kappa shape index (κ2) is 9.88. The van der Waals surface area contributed by atoms with E-state index in [1.807, 2.05) is 13.8 Å². The van der Waals surface area contributed by atoms with E-state index < -0.39 is 0 Å². The fraction of sp³-hybridized carbons (Fsp3) is 0.846. The fourth-order valence-electron chi connectivity index (χ4n) is 1.59. The van der Waals surface area contributed by atoms with Gasteiger partial charge in [-0.25, -0.2) is 0 Å². The van der Waals surface area contributed by atoms with Crippen molar-refractivity contribution in [2.24, 2.45) is 0 Å². The lowest BCUT2D eigenvalue weighted by molar-refractivity contribution is -0.146. The first-order valence-electron chi connectivity index (χ1n) is 6.50. The summed E-state index contributed by atoms with van der Waals surface area (Å²) in [5.41, 5.74) is 0. The van der Waals surface area contributed by atoms with Crippen molar-refractivity contribution in [3.63, 3.8) is 0 Å². The summed E-state index contributed by atoms with van der Waals surface area (Å²) in [6.07, 6.45) is 1.23. The largest absolute Gasteiger partial charge is 0.466 e. The quantitative estimate of drug-likeness (QED) is 0.590. The van der Waals surface area contributed by atoms with Gasteiger partial charge in [0.1, 0.15) is 0 Å². The number of methoxy groups -OCH3 is 1. The Bertz CT molecular complexity index is 255. The highest BCUT2D eigenvalue weighted by atomic mass is 16.5. The van der Waals surface area contributed by atoms with E-state index in [4.69, 9.17) is 9.47 Å². The van der Waals surface area contributed by atoms with Crippen LogP contribution >= 0.6 is 0 Å². The Labute approximate surface area is 109 Å². The number of carbonyl (C=O) groups is 2. The van der Waals surface area contributed by atoms with E-state index in [9.17, 15) is 9.59 Å². The summed E-state index contributed by atoms with van der Waals surface area (Å²) < 4.78 is 9.80. The highest BCUT2D eigenvalue weighted by Crippen LogP contribution is 2.07. The van der Waals surface area contributed by atoms with E-state index in [1.165, 1.54) is 0 Å². The van der Waals surface area contributed by atoms with Crippen molar-refractivity contribution in [1.82, 2.24) is 4.90 Å². The molecule has 5 heteroatoms. The van der Waals surface area contributed by atoms with Crippen molar-refractivity contribution in [2.45, 2.75) is 46.1 Å². The van der Waals surface area contributed by atoms with Crippen LogP contribution < -0.4 is 0 Å². The highest BCUT2D eigenvalue weighted by molar-refractivity contribution is 5.81. The summed E-state index contributed by atoms with van der Waals surface area (Å²) in [6.45, 7) is 7.21. The molecule has 0 aromatic carbocycles. The van der Waals surface area contributed by atoms with Crippen molar-refractivity contribution < 1.29 is 19.1 Å². The van der Waals surface area contributed by atoms with Gasteiger partial charge in [0.2, 0.25) is 5.91 Å². The molecule has 0 heterocycles. The average molecular weight is 259 g/mol. The Morgan fingerprint density at radius 1 is 1.22 bits per heavy atom. The van der Waals surface area contributed by atoms with E-state index in [2.05, 4.69) is 0 Å². The normalized spacial score (nSPS) is 12.0. The van der Waals surface area contributed by atoms with Crippen LogP contribution in [-0.4, -0.2) is 49.7 Å². The molecule has 0 aromatic rings. The molecule has 0 N–H and O–H groups in total. The molecule has 0 fully saturated rings. The minimum absolute atomic E-state index is 0.0190. The molecule has 0 rings (SSSR count). The smallest absolute Gasteiger partial charge is 0.306 e. The number of hydrogen-bond acceptors (Lipinski definition) is 4. The van der Waals surface area contributed by atoms with Gasteiger partial charge in [-0.3, -0.25) is 9.59 Å². The van der Waals surface area contributed by atoms with Crippen molar-refractivity contribution in [3.8, 4) is 0 Å². The molecular weight excluding hydrogens is 234 g/mol. The molecule has 0 aliphatic rings. The molecule has 1 unspecified atom stereocenters. The van der Waals surface area contributed by atoms with Gasteiger partial charge >= 0.3 is 5.97 Å². The minimum atomic E-state index is -0.318. The molecule has 5 nitrogen and oxygen atoms in total. The Kier molecular flexibility index (Phi) is 9.28. The van der Waals surface area contributed by atoms with Crippen LogP contribution in [0.1, 0.15) is 40.0 Å². The van der Waals surface area contributed by atoms with Gasteiger partial charge in [0, 0.05) is 26.1 Å². The van der Waals surface area contributed by atoms with Gasteiger partial charge in [0.05, 0.1) is 19.6 Å². The molecule has 0 aromatic heterocycles. The highest BCUT2D eigenvalue weighted by Gasteiger charge is 2.19. The predicted molar refractivity (Wildman–Crippen MR) is 69.2 cm³/mol. The zero-order chi connectivity index (χ0) is 14.0. The standard InChI is InChI=1S/C13H25NO4/c1-5-11(3)14(9-10-17-4)12(15)7-8-13(16)18-6-2/h11H,5-10H2,1-4H3. The number of ether oxygens (including phenoxy) is 2. The van der Waals surface area contributed by atoms with Crippen LogP contribution in [0.15, 0.2) is 0 Å². The van der Waals surface area contributed by atoms with Crippen molar-refractivity contribution >= 4 is 11.9 Å². The van der Waals surface area contributed by atoms with E-state index in [0.717, 1.165) is 6.42 Å². The van der Waals surface area contributed by atoms with E-state index in [-0.39, 0.29) is 30.8 Å². The van der Waals surface area contributed by atoms with Crippen LogP contribution in [0.5, 0.6) is 0 Å². The van der Waals surface area contributed by atoms with Gasteiger partial charge in [-0.2, -0.15) is 0 Å². The van der Waals surface area contributed by atoms with Gasteiger partial charge in [-0.15, -0.1) is 0 Å². The second-order valence-corrected chi connectivity index (χ2v) is 4.14. The minimum Gasteiger partial charge on any atom is -0.466 e. The first kappa shape index (κ1) is 16.9. The number of esters is 1. The molecule has 0 bridgehead atoms. The molecule has 0 aliphatic heterocycles. The Morgan fingerprint density at radius 3 is 2.39 bits per heavy atom. The van der Waals surface area contributed by atoms with Gasteiger partial charge in [-0.1, -0.05) is 6.92 Å². The molecular formula is C13H25NO4. The number of rotatable bonds is 9. The summed E-state index contributed by atoms with van der Waals surface area (Å²) in [7, 11) is 1.61. The molecule has 0 saturated carbocycles. The summed E-state index contributed by atoms with van der Waals surface area (Å²) in [6, 6.07) is 0.162. The van der Waals surface area contributed by atoms with Crippen LogP contribution in [0.25, 0.3) is 0 Å². The van der Waals surface area contributed by atoms with Crippen LogP contribution in [0, 0.1) is 0 Å².